The smallest absolute Gasteiger partial charge is 0.374 e. The van der Waals surface area contributed by atoms with E-state index in [1.807, 2.05) is 13.8 Å². The average molecular weight is 402 g/mol. The van der Waals surface area contributed by atoms with Gasteiger partial charge in [0.1, 0.15) is 0 Å². The van der Waals surface area contributed by atoms with Crippen molar-refractivity contribution in [2.75, 3.05) is 26.0 Å². The Kier molecular flexibility index (Phi) is 13.1. The molecule has 1 heterocycles. The Morgan fingerprint density at radius 2 is 1.52 bits per heavy atom. The molecule has 7 nitrogen and oxygen atoms in total. The number of esters is 1. The second-order valence-electron chi connectivity index (χ2n) is 6.43. The summed E-state index contributed by atoms with van der Waals surface area (Å²) in [6, 6.07) is 0. The highest BCUT2D eigenvalue weighted by molar-refractivity contribution is 7.53. The number of unbranched alkanes of at least 4 members (excludes halogenated alkanes) is 8. The predicted octanol–water partition coefficient (Wildman–Crippen LogP) is 5.34. The van der Waals surface area contributed by atoms with Gasteiger partial charge in [-0.3, -0.25) is 4.57 Å². The molecule has 1 rings (SSSR count). The minimum absolute atomic E-state index is 0.258. The van der Waals surface area contributed by atoms with Crippen molar-refractivity contribution in [3.8, 4) is 0 Å². The van der Waals surface area contributed by atoms with E-state index >= 15 is 0 Å². The topological polar surface area (TPSA) is 90.5 Å². The molecule has 0 radical (unpaired) electrons. The van der Waals surface area contributed by atoms with E-state index < -0.39 is 13.6 Å². The largest absolute Gasteiger partial charge is 0.460 e. The zero-order valence-corrected chi connectivity index (χ0v) is 17.7. The predicted molar refractivity (Wildman–Crippen MR) is 106 cm³/mol. The number of nitrogens with zero attached hydrogens (tertiary/aromatic N) is 1. The van der Waals surface area contributed by atoms with Gasteiger partial charge in [-0.15, -0.1) is 0 Å². The molecule has 1 aromatic heterocycles. The maximum atomic E-state index is 12.3. The minimum atomic E-state index is -2.86. The number of aromatic nitrogens is 2. The van der Waals surface area contributed by atoms with Gasteiger partial charge < -0.3 is 18.8 Å². The lowest BCUT2D eigenvalue weighted by Gasteiger charge is -2.16. The van der Waals surface area contributed by atoms with Crippen LogP contribution in [0.15, 0.2) is 12.4 Å². The van der Waals surface area contributed by atoms with Crippen LogP contribution in [0.2, 0.25) is 0 Å². The van der Waals surface area contributed by atoms with Crippen LogP contribution in [0, 0.1) is 0 Å². The zero-order chi connectivity index (χ0) is 19.8. The van der Waals surface area contributed by atoms with Gasteiger partial charge in [0.15, 0.2) is 0 Å². The number of nitrogens with one attached hydrogen (secondary N) is 1. The van der Waals surface area contributed by atoms with Gasteiger partial charge in [0.25, 0.3) is 0 Å². The number of hydrogen-bond donors (Lipinski definition) is 1. The number of H-pyrrole nitrogens is 1. The lowest BCUT2D eigenvalue weighted by Crippen LogP contribution is -2.08. The van der Waals surface area contributed by atoms with Crippen LogP contribution >= 0.6 is 7.60 Å². The van der Waals surface area contributed by atoms with Crippen molar-refractivity contribution in [3.05, 3.63) is 18.2 Å². The molecule has 27 heavy (non-hydrogen) atoms. The molecular formula is C19H35N2O5P. The van der Waals surface area contributed by atoms with Gasteiger partial charge in [0, 0.05) is 12.4 Å². The van der Waals surface area contributed by atoms with Crippen molar-refractivity contribution in [1.29, 1.82) is 0 Å². The van der Waals surface area contributed by atoms with Gasteiger partial charge in [-0.05, 0) is 26.7 Å². The van der Waals surface area contributed by atoms with Gasteiger partial charge >= 0.3 is 13.6 Å². The first-order valence-corrected chi connectivity index (χ1v) is 11.9. The van der Waals surface area contributed by atoms with E-state index in [2.05, 4.69) is 9.97 Å². The van der Waals surface area contributed by atoms with Gasteiger partial charge in [-0.25, -0.2) is 9.78 Å². The summed E-state index contributed by atoms with van der Waals surface area (Å²) in [4.78, 5) is 18.1. The summed E-state index contributed by atoms with van der Waals surface area (Å²) in [6.45, 7) is 4.99. The number of aromatic amines is 1. The third kappa shape index (κ3) is 11.3. The summed E-state index contributed by atoms with van der Waals surface area (Å²) in [5, 5.41) is 0. The quantitative estimate of drug-likeness (QED) is 0.215. The van der Waals surface area contributed by atoms with E-state index in [1.165, 1.54) is 25.5 Å². The number of imidazole rings is 1. The molecule has 0 aliphatic carbocycles. The second-order valence-corrected chi connectivity index (χ2v) is 8.61. The number of carbonyl (C=O) groups is 1. The lowest BCUT2D eigenvalue weighted by molar-refractivity contribution is 0.0484. The van der Waals surface area contributed by atoms with Crippen molar-refractivity contribution >= 4 is 13.6 Å². The number of hydrogen-bond acceptors (Lipinski definition) is 6. The van der Waals surface area contributed by atoms with Crippen LogP contribution in [-0.4, -0.2) is 41.9 Å². The van der Waals surface area contributed by atoms with Crippen molar-refractivity contribution < 1.29 is 23.1 Å². The fourth-order valence-electron chi connectivity index (χ4n) is 2.81. The number of carbonyl (C=O) groups excluding carboxylic acids is 1. The molecule has 0 aromatic carbocycles. The molecule has 0 saturated carbocycles. The molecule has 0 unspecified atom stereocenters. The summed E-state index contributed by atoms with van der Waals surface area (Å²) >= 11 is 0. The Balaban J connectivity index is 1.89. The van der Waals surface area contributed by atoms with E-state index in [-0.39, 0.29) is 5.82 Å². The fourth-order valence-corrected chi connectivity index (χ4v) is 4.55. The maximum Gasteiger partial charge on any atom is 0.374 e. The Labute approximate surface area is 163 Å². The van der Waals surface area contributed by atoms with Crippen LogP contribution in [0.25, 0.3) is 0 Å². The van der Waals surface area contributed by atoms with Crippen molar-refractivity contribution in [2.45, 2.75) is 71.6 Å². The summed E-state index contributed by atoms with van der Waals surface area (Å²) in [5.74, 6) is -0.132. The lowest BCUT2D eigenvalue weighted by atomic mass is 10.1. The van der Waals surface area contributed by atoms with Gasteiger partial charge in [0.05, 0.1) is 26.0 Å². The monoisotopic (exact) mass is 402 g/mol. The number of rotatable bonds is 17. The van der Waals surface area contributed by atoms with Crippen LogP contribution in [-0.2, 0) is 18.3 Å². The summed E-state index contributed by atoms with van der Waals surface area (Å²) < 4.78 is 28.0. The van der Waals surface area contributed by atoms with E-state index in [9.17, 15) is 9.36 Å². The first kappa shape index (κ1) is 23.9. The molecule has 156 valence electrons. The summed E-state index contributed by atoms with van der Waals surface area (Å²) in [6.07, 6.45) is 13.5. The first-order valence-electron chi connectivity index (χ1n) is 10.2. The molecule has 0 aliphatic heterocycles. The highest BCUT2D eigenvalue weighted by atomic mass is 31.2. The number of ether oxygens (including phenoxy) is 1. The maximum absolute atomic E-state index is 12.3. The van der Waals surface area contributed by atoms with Crippen LogP contribution in [0.5, 0.6) is 0 Å². The highest BCUT2D eigenvalue weighted by Gasteiger charge is 2.22. The van der Waals surface area contributed by atoms with Crippen LogP contribution in [0.4, 0.5) is 0 Å². The fraction of sp³-hybridized carbons (Fsp3) is 0.789. The molecule has 0 atom stereocenters. The van der Waals surface area contributed by atoms with E-state index in [0.29, 0.717) is 26.0 Å². The Bertz CT molecular complexity index is 526. The summed E-state index contributed by atoms with van der Waals surface area (Å²) in [7, 11) is -2.86. The van der Waals surface area contributed by atoms with E-state index in [0.717, 1.165) is 38.5 Å². The van der Waals surface area contributed by atoms with Crippen LogP contribution in [0.1, 0.15) is 82.3 Å². The summed E-state index contributed by atoms with van der Waals surface area (Å²) in [5.41, 5.74) is 0. The highest BCUT2D eigenvalue weighted by Crippen LogP contribution is 2.48. The molecule has 0 amide bonds. The molecule has 0 fully saturated rings. The Morgan fingerprint density at radius 1 is 0.963 bits per heavy atom. The normalized spacial score (nSPS) is 11.6. The van der Waals surface area contributed by atoms with E-state index in [4.69, 9.17) is 13.8 Å². The van der Waals surface area contributed by atoms with Gasteiger partial charge in [-0.2, -0.15) is 0 Å². The van der Waals surface area contributed by atoms with Crippen LogP contribution in [0.3, 0.4) is 0 Å². The molecular weight excluding hydrogens is 367 g/mol. The Morgan fingerprint density at radius 3 is 2.04 bits per heavy atom. The molecule has 0 spiro atoms. The van der Waals surface area contributed by atoms with Crippen molar-refractivity contribution in [2.24, 2.45) is 0 Å². The average Bonchev–Trinajstić information content (AvgIpc) is 3.17. The van der Waals surface area contributed by atoms with Gasteiger partial charge in [0.2, 0.25) is 5.82 Å². The van der Waals surface area contributed by atoms with Crippen LogP contribution < -0.4 is 0 Å². The Hall–Kier alpha value is -1.17. The van der Waals surface area contributed by atoms with E-state index in [1.54, 1.807) is 6.20 Å². The molecule has 0 aliphatic rings. The SMILES string of the molecule is CCOP(=O)(CCCCCCCCCCCOC(=O)c1ncc[nH]1)OCC. The van der Waals surface area contributed by atoms with Gasteiger partial charge in [-0.1, -0.05) is 44.9 Å². The third-order valence-electron chi connectivity index (χ3n) is 4.15. The third-order valence-corrected chi connectivity index (χ3v) is 6.32. The van der Waals surface area contributed by atoms with Crippen molar-refractivity contribution in [1.82, 2.24) is 9.97 Å². The first-order chi connectivity index (χ1) is 13.1. The molecule has 1 aromatic rings. The molecule has 0 saturated heterocycles. The minimum Gasteiger partial charge on any atom is -0.460 e. The molecule has 1 N–H and O–H groups in total. The molecule has 0 bridgehead atoms. The second kappa shape index (κ2) is 14.8. The van der Waals surface area contributed by atoms with Crippen molar-refractivity contribution in [3.63, 3.8) is 0 Å². The zero-order valence-electron chi connectivity index (χ0n) is 16.8. The standard InChI is InChI=1S/C19H35N2O5P/c1-3-25-27(23,26-4-2)17-13-11-9-7-5-6-8-10-12-16-24-19(22)18-20-14-15-21-18/h14-15H,3-13,16-17H2,1-2H3,(H,20,21). The molecule has 8 heteroatoms.